The highest BCUT2D eigenvalue weighted by Gasteiger charge is 2.15. The average molecular weight is 436 g/mol. The number of carbonyl (C=O) groups excluding carboxylic acids is 1. The van der Waals surface area contributed by atoms with Crippen molar-refractivity contribution in [2.45, 2.75) is 13.5 Å². The number of aromatic nitrogens is 4. The number of benzene rings is 1. The maximum absolute atomic E-state index is 12.6. The first kappa shape index (κ1) is 20.5. The van der Waals surface area contributed by atoms with Crippen molar-refractivity contribution in [1.82, 2.24) is 24.4 Å². The van der Waals surface area contributed by atoms with Crippen molar-refractivity contribution < 1.29 is 9.53 Å². The Morgan fingerprint density at radius 2 is 1.94 bits per heavy atom. The van der Waals surface area contributed by atoms with Crippen molar-refractivity contribution in [3.05, 3.63) is 82.1 Å². The summed E-state index contributed by atoms with van der Waals surface area (Å²) in [7, 11) is 1.60. The van der Waals surface area contributed by atoms with Crippen molar-refractivity contribution in [2.75, 3.05) is 13.7 Å². The van der Waals surface area contributed by atoms with Gasteiger partial charge in [0.25, 0.3) is 11.5 Å². The summed E-state index contributed by atoms with van der Waals surface area (Å²) in [6.07, 6.45) is 5.26. The zero-order valence-electron chi connectivity index (χ0n) is 17.1. The van der Waals surface area contributed by atoms with Crippen LogP contribution in [0.25, 0.3) is 16.4 Å². The van der Waals surface area contributed by atoms with Crippen LogP contribution in [-0.4, -0.2) is 38.7 Å². The molecule has 9 heteroatoms. The molecule has 0 aliphatic heterocycles. The summed E-state index contributed by atoms with van der Waals surface area (Å²) in [6, 6.07) is 12.6. The lowest BCUT2D eigenvalue weighted by molar-refractivity contribution is 0.0955. The molecule has 1 amide bonds. The predicted molar refractivity (Wildman–Crippen MR) is 119 cm³/mol. The van der Waals surface area contributed by atoms with E-state index in [-0.39, 0.29) is 11.5 Å². The normalized spacial score (nSPS) is 10.8. The van der Waals surface area contributed by atoms with Gasteiger partial charge in [0.05, 0.1) is 24.8 Å². The van der Waals surface area contributed by atoms with Crippen LogP contribution >= 0.6 is 11.3 Å². The summed E-state index contributed by atoms with van der Waals surface area (Å²) in [4.78, 5) is 34.4. The van der Waals surface area contributed by atoms with Crippen LogP contribution in [0.3, 0.4) is 0 Å². The zero-order valence-corrected chi connectivity index (χ0v) is 17.9. The van der Waals surface area contributed by atoms with Gasteiger partial charge in [0, 0.05) is 37.1 Å². The molecule has 0 saturated heterocycles. The van der Waals surface area contributed by atoms with Crippen molar-refractivity contribution in [3.63, 3.8) is 0 Å². The molecule has 0 aliphatic rings. The maximum atomic E-state index is 12.6. The molecule has 0 unspecified atom stereocenters. The number of aryl methyl sites for hydroxylation is 1. The first-order valence-corrected chi connectivity index (χ1v) is 10.5. The number of carbonyl (C=O) groups is 1. The fourth-order valence-corrected chi connectivity index (χ4v) is 4.00. The van der Waals surface area contributed by atoms with E-state index in [0.29, 0.717) is 29.4 Å². The molecule has 3 aromatic heterocycles. The Kier molecular flexibility index (Phi) is 5.94. The predicted octanol–water partition coefficient (Wildman–Crippen LogP) is 2.90. The SMILES string of the molecule is COc1ccc(-c2cc(=O)n(CCNC(=O)c3sc(-n4cccc4)nc3C)cn2)cc1. The number of hydrogen-bond acceptors (Lipinski definition) is 6. The number of nitrogens with zero attached hydrogens (tertiary/aromatic N) is 4. The van der Waals surface area contributed by atoms with Crippen LogP contribution in [0.15, 0.2) is 66.0 Å². The van der Waals surface area contributed by atoms with Gasteiger partial charge in [0.2, 0.25) is 0 Å². The minimum absolute atomic E-state index is 0.182. The van der Waals surface area contributed by atoms with Gasteiger partial charge in [-0.15, -0.1) is 0 Å². The van der Waals surface area contributed by atoms with E-state index in [9.17, 15) is 9.59 Å². The summed E-state index contributed by atoms with van der Waals surface area (Å²) < 4.78 is 8.48. The van der Waals surface area contributed by atoms with Crippen LogP contribution in [0, 0.1) is 6.92 Å². The zero-order chi connectivity index (χ0) is 21.8. The molecule has 1 N–H and O–H groups in total. The second-order valence-corrected chi connectivity index (χ2v) is 7.77. The summed E-state index contributed by atoms with van der Waals surface area (Å²) in [6.45, 7) is 2.44. The van der Waals surface area contributed by atoms with Gasteiger partial charge in [0.1, 0.15) is 10.6 Å². The van der Waals surface area contributed by atoms with Crippen LogP contribution in [0.5, 0.6) is 5.75 Å². The third-order valence-electron chi connectivity index (χ3n) is 4.72. The Morgan fingerprint density at radius 3 is 2.61 bits per heavy atom. The van der Waals surface area contributed by atoms with Crippen LogP contribution in [0.1, 0.15) is 15.4 Å². The van der Waals surface area contributed by atoms with Gasteiger partial charge in [0.15, 0.2) is 5.13 Å². The standard InChI is InChI=1S/C22H21N5O3S/c1-15-20(31-22(25-15)26-10-3-4-11-26)21(29)23-9-12-27-14-24-18(13-19(27)28)16-5-7-17(30-2)8-6-16/h3-8,10-11,13-14H,9,12H2,1-2H3,(H,23,29). The highest BCUT2D eigenvalue weighted by Crippen LogP contribution is 2.21. The number of rotatable bonds is 7. The van der Waals surface area contributed by atoms with Gasteiger partial charge in [-0.05, 0) is 43.3 Å². The van der Waals surface area contributed by atoms with Gasteiger partial charge in [-0.2, -0.15) is 0 Å². The van der Waals surface area contributed by atoms with Crippen molar-refractivity contribution in [3.8, 4) is 22.1 Å². The van der Waals surface area contributed by atoms with E-state index in [0.717, 1.165) is 16.4 Å². The molecule has 8 nitrogen and oxygen atoms in total. The number of amides is 1. The van der Waals surface area contributed by atoms with Crippen LogP contribution in [-0.2, 0) is 6.54 Å². The van der Waals surface area contributed by atoms with E-state index >= 15 is 0 Å². The van der Waals surface area contributed by atoms with Crippen molar-refractivity contribution in [2.24, 2.45) is 0 Å². The molecule has 0 aliphatic carbocycles. The molecule has 0 atom stereocenters. The Hall–Kier alpha value is -3.72. The van der Waals surface area contributed by atoms with E-state index in [4.69, 9.17) is 4.74 Å². The molecule has 0 bridgehead atoms. The van der Waals surface area contributed by atoms with E-state index in [1.165, 1.54) is 28.3 Å². The van der Waals surface area contributed by atoms with Crippen molar-refractivity contribution >= 4 is 17.2 Å². The molecule has 0 saturated carbocycles. The molecule has 31 heavy (non-hydrogen) atoms. The highest BCUT2D eigenvalue weighted by molar-refractivity contribution is 7.16. The average Bonchev–Trinajstić information content (AvgIpc) is 3.44. The summed E-state index contributed by atoms with van der Waals surface area (Å²) in [5, 5.41) is 3.59. The van der Waals surface area contributed by atoms with E-state index in [2.05, 4.69) is 15.3 Å². The monoisotopic (exact) mass is 435 g/mol. The first-order chi connectivity index (χ1) is 15.0. The number of nitrogens with one attached hydrogen (secondary N) is 1. The van der Waals surface area contributed by atoms with Crippen LogP contribution < -0.4 is 15.6 Å². The summed E-state index contributed by atoms with van der Waals surface area (Å²) >= 11 is 1.33. The number of thiazole rings is 1. The van der Waals surface area contributed by atoms with Gasteiger partial charge >= 0.3 is 0 Å². The smallest absolute Gasteiger partial charge is 0.263 e. The molecule has 158 valence electrons. The molecule has 0 radical (unpaired) electrons. The van der Waals surface area contributed by atoms with Crippen LogP contribution in [0.2, 0.25) is 0 Å². The Morgan fingerprint density at radius 1 is 1.19 bits per heavy atom. The van der Waals surface area contributed by atoms with Gasteiger partial charge < -0.3 is 14.6 Å². The molecular formula is C22H21N5O3S. The minimum Gasteiger partial charge on any atom is -0.497 e. The van der Waals surface area contributed by atoms with Gasteiger partial charge in [-0.25, -0.2) is 9.97 Å². The van der Waals surface area contributed by atoms with E-state index < -0.39 is 0 Å². The molecule has 3 heterocycles. The van der Waals surface area contributed by atoms with Gasteiger partial charge in [-0.3, -0.25) is 14.2 Å². The summed E-state index contributed by atoms with van der Waals surface area (Å²) in [5.74, 6) is 0.536. The largest absolute Gasteiger partial charge is 0.497 e. The molecular weight excluding hydrogens is 414 g/mol. The van der Waals surface area contributed by atoms with E-state index in [1.54, 1.807) is 7.11 Å². The molecule has 4 rings (SSSR count). The molecule has 0 fully saturated rings. The number of ether oxygens (including phenoxy) is 1. The third kappa shape index (κ3) is 4.56. The second-order valence-electron chi connectivity index (χ2n) is 6.79. The first-order valence-electron chi connectivity index (χ1n) is 9.65. The minimum atomic E-state index is -0.204. The van der Waals surface area contributed by atoms with Gasteiger partial charge in [-0.1, -0.05) is 11.3 Å². The quantitative estimate of drug-likeness (QED) is 0.482. The van der Waals surface area contributed by atoms with Crippen LogP contribution in [0.4, 0.5) is 0 Å². The topological polar surface area (TPSA) is 91.0 Å². The molecule has 4 aromatic rings. The lowest BCUT2D eigenvalue weighted by atomic mass is 10.1. The molecule has 0 spiro atoms. The lowest BCUT2D eigenvalue weighted by Gasteiger charge is -2.08. The number of methoxy groups -OCH3 is 1. The Labute approximate surface area is 182 Å². The summed E-state index contributed by atoms with van der Waals surface area (Å²) in [5.41, 5.74) is 1.91. The Balaban J connectivity index is 1.38. The lowest BCUT2D eigenvalue weighted by Crippen LogP contribution is -2.30. The fraction of sp³-hybridized carbons (Fsp3) is 0.182. The van der Waals surface area contributed by atoms with Crippen molar-refractivity contribution in [1.29, 1.82) is 0 Å². The second kappa shape index (κ2) is 8.97. The maximum Gasteiger partial charge on any atom is 0.263 e. The molecule has 1 aromatic carbocycles. The number of hydrogen-bond donors (Lipinski definition) is 1. The Bertz CT molecular complexity index is 1240. The van der Waals surface area contributed by atoms with E-state index in [1.807, 2.05) is 60.3 Å². The third-order valence-corrected chi connectivity index (χ3v) is 5.89. The fourth-order valence-electron chi connectivity index (χ4n) is 3.05. The highest BCUT2D eigenvalue weighted by atomic mass is 32.1.